The van der Waals surface area contributed by atoms with Crippen molar-refractivity contribution < 1.29 is 4.74 Å². The van der Waals surface area contributed by atoms with E-state index in [4.69, 9.17) is 4.74 Å². The highest BCUT2D eigenvalue weighted by molar-refractivity contribution is 9.10. The molecule has 0 spiro atoms. The lowest BCUT2D eigenvalue weighted by Crippen LogP contribution is -1.94. The van der Waals surface area contributed by atoms with Crippen LogP contribution in [0.3, 0.4) is 0 Å². The van der Waals surface area contributed by atoms with E-state index in [1.54, 1.807) is 7.11 Å². The van der Waals surface area contributed by atoms with E-state index in [2.05, 4.69) is 21.0 Å². The van der Waals surface area contributed by atoms with Crippen molar-refractivity contribution in [3.05, 3.63) is 53.1 Å². The quantitative estimate of drug-likeness (QED) is 0.720. The van der Waals surface area contributed by atoms with Gasteiger partial charge in [-0.05, 0) is 24.3 Å². The molecule has 90 valence electrons. The molecule has 0 aliphatic carbocycles. The number of aromatic nitrogens is 2. The van der Waals surface area contributed by atoms with Crippen molar-refractivity contribution in [1.29, 1.82) is 0 Å². The van der Waals surface area contributed by atoms with Gasteiger partial charge in [-0.15, -0.1) is 0 Å². The third-order valence-electron chi connectivity index (χ3n) is 2.79. The molecule has 4 heteroatoms. The molecule has 0 amide bonds. The Morgan fingerprint density at radius 2 is 2.06 bits per heavy atom. The molecule has 0 radical (unpaired) electrons. The Labute approximate surface area is 113 Å². The second-order valence-corrected chi connectivity index (χ2v) is 4.89. The Bertz CT molecular complexity index is 706. The minimum absolute atomic E-state index is 0.827. The number of hydrogen-bond acceptors (Lipinski definition) is 2. The van der Waals surface area contributed by atoms with Gasteiger partial charge < -0.3 is 4.74 Å². The molecule has 3 aromatic rings. The first-order chi connectivity index (χ1) is 8.76. The van der Waals surface area contributed by atoms with E-state index < -0.39 is 0 Å². The molecule has 0 fully saturated rings. The second kappa shape index (κ2) is 4.46. The zero-order valence-corrected chi connectivity index (χ0v) is 11.4. The van der Waals surface area contributed by atoms with Gasteiger partial charge in [0.05, 0.1) is 18.3 Å². The van der Waals surface area contributed by atoms with Crippen LogP contribution in [-0.2, 0) is 0 Å². The zero-order chi connectivity index (χ0) is 12.5. The van der Waals surface area contributed by atoms with Crippen molar-refractivity contribution in [3.63, 3.8) is 0 Å². The summed E-state index contributed by atoms with van der Waals surface area (Å²) in [5, 5.41) is 5.66. The van der Waals surface area contributed by atoms with Gasteiger partial charge in [0.1, 0.15) is 5.75 Å². The standard InChI is InChI=1S/C14H11BrN2O/c1-18-13-4-2-3-12(8-13)17-9-10-5-6-11(15)7-14(10)16-17/h2-9H,1H3. The van der Waals surface area contributed by atoms with Crippen LogP contribution in [0.15, 0.2) is 53.1 Å². The minimum atomic E-state index is 0.827. The first-order valence-electron chi connectivity index (χ1n) is 5.55. The first kappa shape index (κ1) is 11.3. The number of ether oxygens (including phenoxy) is 1. The summed E-state index contributed by atoms with van der Waals surface area (Å²) in [5.41, 5.74) is 1.95. The van der Waals surface area contributed by atoms with Crippen molar-refractivity contribution in [1.82, 2.24) is 9.78 Å². The van der Waals surface area contributed by atoms with Crippen molar-refractivity contribution in [2.24, 2.45) is 0 Å². The van der Waals surface area contributed by atoms with E-state index in [-0.39, 0.29) is 0 Å². The van der Waals surface area contributed by atoms with Gasteiger partial charge in [0.25, 0.3) is 0 Å². The van der Waals surface area contributed by atoms with Crippen molar-refractivity contribution in [2.75, 3.05) is 7.11 Å². The molecule has 1 aromatic heterocycles. The zero-order valence-electron chi connectivity index (χ0n) is 9.80. The molecule has 0 saturated carbocycles. The second-order valence-electron chi connectivity index (χ2n) is 3.98. The predicted octanol–water partition coefficient (Wildman–Crippen LogP) is 3.80. The summed E-state index contributed by atoms with van der Waals surface area (Å²) < 4.78 is 8.11. The smallest absolute Gasteiger partial charge is 0.121 e. The van der Waals surface area contributed by atoms with E-state index in [0.717, 1.165) is 26.8 Å². The Balaban J connectivity index is 2.13. The number of fused-ring (bicyclic) bond motifs is 1. The maximum absolute atomic E-state index is 5.22. The number of hydrogen-bond donors (Lipinski definition) is 0. The fraction of sp³-hybridized carbons (Fsp3) is 0.0714. The molecule has 0 aliphatic rings. The van der Waals surface area contributed by atoms with Gasteiger partial charge in [-0.3, -0.25) is 0 Å². The molecule has 0 aliphatic heterocycles. The molecule has 2 aromatic carbocycles. The fourth-order valence-corrected chi connectivity index (χ4v) is 2.22. The van der Waals surface area contributed by atoms with E-state index in [0.29, 0.717) is 0 Å². The summed E-state index contributed by atoms with van der Waals surface area (Å²) in [6.07, 6.45) is 2.01. The molecule has 0 saturated heterocycles. The van der Waals surface area contributed by atoms with Gasteiger partial charge in [-0.25, -0.2) is 4.68 Å². The average molecular weight is 303 g/mol. The van der Waals surface area contributed by atoms with Gasteiger partial charge in [0, 0.05) is 22.1 Å². The maximum atomic E-state index is 5.22. The lowest BCUT2D eigenvalue weighted by molar-refractivity contribution is 0.414. The Kier molecular flexibility index (Phi) is 2.80. The molecule has 3 rings (SSSR count). The van der Waals surface area contributed by atoms with Gasteiger partial charge in [-0.1, -0.05) is 28.1 Å². The number of methoxy groups -OCH3 is 1. The van der Waals surface area contributed by atoms with Crippen LogP contribution < -0.4 is 4.74 Å². The molecule has 0 unspecified atom stereocenters. The molecule has 1 heterocycles. The average Bonchev–Trinajstić information content (AvgIpc) is 2.81. The van der Waals surface area contributed by atoms with Crippen LogP contribution >= 0.6 is 15.9 Å². The molecule has 18 heavy (non-hydrogen) atoms. The predicted molar refractivity (Wildman–Crippen MR) is 75.3 cm³/mol. The van der Waals surface area contributed by atoms with E-state index in [1.165, 1.54) is 0 Å². The molecule has 0 bridgehead atoms. The van der Waals surface area contributed by atoms with E-state index in [9.17, 15) is 0 Å². The van der Waals surface area contributed by atoms with Crippen LogP contribution in [0.2, 0.25) is 0 Å². The summed E-state index contributed by atoms with van der Waals surface area (Å²) >= 11 is 3.45. The monoisotopic (exact) mass is 302 g/mol. The highest BCUT2D eigenvalue weighted by Gasteiger charge is 2.04. The summed E-state index contributed by atoms with van der Waals surface area (Å²) in [6, 6.07) is 13.9. The van der Waals surface area contributed by atoms with Crippen molar-refractivity contribution in [3.8, 4) is 11.4 Å². The fourth-order valence-electron chi connectivity index (χ4n) is 1.87. The first-order valence-corrected chi connectivity index (χ1v) is 6.35. The van der Waals surface area contributed by atoms with Crippen LogP contribution in [-0.4, -0.2) is 16.9 Å². The number of nitrogens with zero attached hydrogens (tertiary/aromatic N) is 2. The van der Waals surface area contributed by atoms with E-state index >= 15 is 0 Å². The van der Waals surface area contributed by atoms with Crippen LogP contribution in [0.25, 0.3) is 16.6 Å². The molecule has 0 N–H and O–H groups in total. The normalized spacial score (nSPS) is 10.8. The van der Waals surface area contributed by atoms with Gasteiger partial charge in [-0.2, -0.15) is 5.10 Å². The molecular weight excluding hydrogens is 292 g/mol. The third-order valence-corrected chi connectivity index (χ3v) is 3.28. The number of benzene rings is 2. The van der Waals surface area contributed by atoms with Crippen LogP contribution in [0, 0.1) is 0 Å². The summed E-state index contributed by atoms with van der Waals surface area (Å²) in [4.78, 5) is 0. The van der Waals surface area contributed by atoms with Gasteiger partial charge >= 0.3 is 0 Å². The molecule has 3 nitrogen and oxygen atoms in total. The van der Waals surface area contributed by atoms with Crippen LogP contribution in [0.4, 0.5) is 0 Å². The Morgan fingerprint density at radius 3 is 2.89 bits per heavy atom. The van der Waals surface area contributed by atoms with Crippen LogP contribution in [0.5, 0.6) is 5.75 Å². The number of halogens is 1. The SMILES string of the molecule is COc1cccc(-n2cc3ccc(Br)cc3n2)c1. The maximum Gasteiger partial charge on any atom is 0.121 e. The lowest BCUT2D eigenvalue weighted by Gasteiger charge is -2.03. The van der Waals surface area contributed by atoms with E-state index in [1.807, 2.05) is 53.3 Å². The third kappa shape index (κ3) is 1.99. The minimum Gasteiger partial charge on any atom is -0.497 e. The Morgan fingerprint density at radius 1 is 1.17 bits per heavy atom. The highest BCUT2D eigenvalue weighted by atomic mass is 79.9. The summed E-state index contributed by atoms with van der Waals surface area (Å²) in [7, 11) is 1.66. The summed E-state index contributed by atoms with van der Waals surface area (Å²) in [5.74, 6) is 0.827. The summed E-state index contributed by atoms with van der Waals surface area (Å²) in [6.45, 7) is 0. The topological polar surface area (TPSA) is 27.1 Å². The van der Waals surface area contributed by atoms with Gasteiger partial charge in [0.2, 0.25) is 0 Å². The van der Waals surface area contributed by atoms with Gasteiger partial charge in [0.15, 0.2) is 0 Å². The lowest BCUT2D eigenvalue weighted by atomic mass is 10.3. The molecular formula is C14H11BrN2O. The van der Waals surface area contributed by atoms with Crippen molar-refractivity contribution >= 4 is 26.8 Å². The number of rotatable bonds is 2. The van der Waals surface area contributed by atoms with Crippen molar-refractivity contribution in [2.45, 2.75) is 0 Å². The largest absolute Gasteiger partial charge is 0.497 e. The van der Waals surface area contributed by atoms with Crippen LogP contribution in [0.1, 0.15) is 0 Å². The Hall–Kier alpha value is -1.81. The highest BCUT2D eigenvalue weighted by Crippen LogP contribution is 2.21. The molecule has 0 atom stereocenters.